The Bertz CT molecular complexity index is 1090. The lowest BCUT2D eigenvalue weighted by Gasteiger charge is -2.11. The summed E-state index contributed by atoms with van der Waals surface area (Å²) in [6.07, 6.45) is 1.83. The molecule has 0 spiro atoms. The lowest BCUT2D eigenvalue weighted by molar-refractivity contribution is 0.627. The average molecular weight is 357 g/mol. The van der Waals surface area contributed by atoms with Gasteiger partial charge in [0.05, 0.1) is 17.4 Å². The quantitative estimate of drug-likeness (QED) is 0.530. The van der Waals surface area contributed by atoms with Crippen LogP contribution in [0.4, 0.5) is 4.39 Å². The molecule has 0 saturated heterocycles. The minimum absolute atomic E-state index is 0.260. The van der Waals surface area contributed by atoms with Gasteiger partial charge < -0.3 is 5.32 Å². The van der Waals surface area contributed by atoms with Gasteiger partial charge in [0.25, 0.3) is 0 Å². The van der Waals surface area contributed by atoms with Crippen molar-refractivity contribution in [3.63, 3.8) is 0 Å². The number of halogens is 1. The summed E-state index contributed by atoms with van der Waals surface area (Å²) in [5, 5.41) is 8.90. The predicted octanol–water partition coefficient (Wildman–Crippen LogP) is 5.23. The molecule has 0 unspecified atom stereocenters. The maximum absolute atomic E-state index is 13.2. The number of hydrogen-bond acceptors (Lipinski definition) is 2. The number of nitrogens with zero attached hydrogens (tertiary/aromatic N) is 2. The third kappa shape index (κ3) is 3.47. The molecule has 0 aliphatic heterocycles. The van der Waals surface area contributed by atoms with Gasteiger partial charge in [-0.15, -0.1) is 0 Å². The van der Waals surface area contributed by atoms with Gasteiger partial charge in [-0.05, 0) is 42.8 Å². The van der Waals surface area contributed by atoms with E-state index in [1.165, 1.54) is 23.3 Å². The lowest BCUT2D eigenvalue weighted by atomic mass is 10.1. The monoisotopic (exact) mass is 357 g/mol. The molecule has 0 aliphatic carbocycles. The van der Waals surface area contributed by atoms with Gasteiger partial charge in [0.1, 0.15) is 5.82 Å². The van der Waals surface area contributed by atoms with Crippen LogP contribution in [0.25, 0.3) is 22.3 Å². The highest BCUT2D eigenvalue weighted by Gasteiger charge is 2.10. The van der Waals surface area contributed by atoms with Gasteiger partial charge >= 0.3 is 0 Å². The summed E-state index contributed by atoms with van der Waals surface area (Å²) >= 11 is 0. The predicted molar refractivity (Wildman–Crippen MR) is 108 cm³/mol. The van der Waals surface area contributed by atoms with Crippen molar-refractivity contribution in [3.05, 3.63) is 102 Å². The van der Waals surface area contributed by atoms with Crippen molar-refractivity contribution >= 4 is 16.6 Å². The molecular formula is C23H20FN3. The third-order valence-electron chi connectivity index (χ3n) is 4.64. The van der Waals surface area contributed by atoms with Gasteiger partial charge in [-0.25, -0.2) is 9.07 Å². The normalized spacial score (nSPS) is 10.9. The second-order valence-corrected chi connectivity index (χ2v) is 6.59. The average Bonchev–Trinajstić information content (AvgIpc) is 3.12. The molecule has 3 nitrogen and oxygen atoms in total. The topological polar surface area (TPSA) is 29.9 Å². The highest BCUT2D eigenvalue weighted by Crippen LogP contribution is 2.25. The van der Waals surface area contributed by atoms with E-state index in [-0.39, 0.29) is 5.82 Å². The van der Waals surface area contributed by atoms with Gasteiger partial charge in [0.2, 0.25) is 0 Å². The van der Waals surface area contributed by atoms with E-state index in [0.29, 0.717) is 6.54 Å². The van der Waals surface area contributed by atoms with Crippen LogP contribution in [0.1, 0.15) is 16.7 Å². The molecule has 0 atom stereocenters. The lowest BCUT2D eigenvalue weighted by Crippen LogP contribution is -2.11. The molecule has 1 aromatic heterocycles. The van der Waals surface area contributed by atoms with E-state index in [1.807, 2.05) is 29.1 Å². The zero-order valence-corrected chi connectivity index (χ0v) is 15.1. The zero-order chi connectivity index (χ0) is 18.8. The maximum atomic E-state index is 13.2. The molecule has 0 aliphatic rings. The van der Waals surface area contributed by atoms with Crippen molar-refractivity contribution in [3.8, 4) is 5.69 Å². The fourth-order valence-electron chi connectivity index (χ4n) is 3.11. The molecule has 4 rings (SSSR count). The summed E-state index contributed by atoms with van der Waals surface area (Å²) in [4.78, 5) is 0. The standard InChI is InChI=1S/C23H20FN3/c1-16-6-8-18(9-7-16)14-25-17(2)21-4-3-5-23-22(21)15-26-27(23)20-12-10-19(24)11-13-20/h3-13,15,25H,2,14H2,1H3. The van der Waals surface area contributed by atoms with Crippen LogP contribution >= 0.6 is 0 Å². The molecule has 0 saturated carbocycles. The van der Waals surface area contributed by atoms with Crippen molar-refractivity contribution < 1.29 is 4.39 Å². The van der Waals surface area contributed by atoms with Crippen LogP contribution in [-0.4, -0.2) is 9.78 Å². The molecule has 4 aromatic rings. The zero-order valence-electron chi connectivity index (χ0n) is 15.1. The summed E-state index contributed by atoms with van der Waals surface area (Å²) in [6, 6.07) is 20.8. The van der Waals surface area contributed by atoms with Crippen molar-refractivity contribution in [2.45, 2.75) is 13.5 Å². The summed E-state index contributed by atoms with van der Waals surface area (Å²) < 4.78 is 15.0. The molecule has 0 bridgehead atoms. The van der Waals surface area contributed by atoms with E-state index < -0.39 is 0 Å². The first-order chi connectivity index (χ1) is 13.1. The number of hydrogen-bond donors (Lipinski definition) is 1. The Morgan fingerprint density at radius 3 is 2.52 bits per heavy atom. The summed E-state index contributed by atoms with van der Waals surface area (Å²) in [7, 11) is 0. The Kier molecular flexibility index (Phi) is 4.47. The van der Waals surface area contributed by atoms with Crippen LogP contribution in [0.15, 0.2) is 79.5 Å². The minimum atomic E-state index is -0.260. The second-order valence-electron chi connectivity index (χ2n) is 6.59. The number of benzene rings is 3. The first kappa shape index (κ1) is 17.0. The summed E-state index contributed by atoms with van der Waals surface area (Å²) in [5.41, 5.74) is 6.08. The SMILES string of the molecule is C=C(NCc1ccc(C)cc1)c1cccc2c1cnn2-c1ccc(F)cc1. The van der Waals surface area contributed by atoms with E-state index >= 15 is 0 Å². The first-order valence-electron chi connectivity index (χ1n) is 8.83. The maximum Gasteiger partial charge on any atom is 0.123 e. The number of nitrogens with one attached hydrogen (secondary N) is 1. The van der Waals surface area contributed by atoms with E-state index in [0.717, 1.165) is 27.9 Å². The first-order valence-corrected chi connectivity index (χ1v) is 8.83. The molecule has 1 N–H and O–H groups in total. The Hall–Kier alpha value is -3.40. The molecular weight excluding hydrogens is 337 g/mol. The summed E-state index contributed by atoms with van der Waals surface area (Å²) in [6.45, 7) is 6.99. The third-order valence-corrected chi connectivity index (χ3v) is 4.64. The Morgan fingerprint density at radius 2 is 1.78 bits per heavy atom. The van der Waals surface area contributed by atoms with E-state index in [9.17, 15) is 4.39 Å². The van der Waals surface area contributed by atoms with Crippen LogP contribution in [0.3, 0.4) is 0 Å². The Labute approximate surface area is 157 Å². The van der Waals surface area contributed by atoms with Crippen LogP contribution < -0.4 is 5.32 Å². The van der Waals surface area contributed by atoms with Gasteiger partial charge in [-0.2, -0.15) is 5.10 Å². The number of aryl methyl sites for hydroxylation is 1. The molecule has 1 heterocycles. The highest BCUT2D eigenvalue weighted by molar-refractivity contribution is 5.91. The molecule has 27 heavy (non-hydrogen) atoms. The molecule has 134 valence electrons. The molecule has 0 amide bonds. The largest absolute Gasteiger partial charge is 0.381 e. The van der Waals surface area contributed by atoms with Crippen LogP contribution in [0.2, 0.25) is 0 Å². The fraction of sp³-hybridized carbons (Fsp3) is 0.0870. The van der Waals surface area contributed by atoms with Crippen molar-refractivity contribution in [1.82, 2.24) is 15.1 Å². The number of aromatic nitrogens is 2. The Balaban J connectivity index is 1.61. The smallest absolute Gasteiger partial charge is 0.123 e. The molecule has 0 radical (unpaired) electrons. The van der Waals surface area contributed by atoms with Crippen LogP contribution in [0.5, 0.6) is 0 Å². The van der Waals surface area contributed by atoms with Gasteiger partial charge in [-0.3, -0.25) is 0 Å². The minimum Gasteiger partial charge on any atom is -0.381 e. The van der Waals surface area contributed by atoms with Crippen molar-refractivity contribution in [1.29, 1.82) is 0 Å². The molecule has 3 aromatic carbocycles. The number of fused-ring (bicyclic) bond motifs is 1. The van der Waals surface area contributed by atoms with Gasteiger partial charge in [-0.1, -0.05) is 48.5 Å². The van der Waals surface area contributed by atoms with Crippen LogP contribution in [-0.2, 0) is 6.54 Å². The fourth-order valence-corrected chi connectivity index (χ4v) is 3.11. The van der Waals surface area contributed by atoms with E-state index in [2.05, 4.69) is 48.2 Å². The number of rotatable bonds is 5. The van der Waals surface area contributed by atoms with Gasteiger partial charge in [0.15, 0.2) is 0 Å². The van der Waals surface area contributed by atoms with Crippen molar-refractivity contribution in [2.24, 2.45) is 0 Å². The molecule has 4 heteroatoms. The van der Waals surface area contributed by atoms with Gasteiger partial charge in [0, 0.05) is 23.2 Å². The van der Waals surface area contributed by atoms with E-state index in [1.54, 1.807) is 12.1 Å². The molecule has 0 fully saturated rings. The second kappa shape index (κ2) is 7.08. The Morgan fingerprint density at radius 1 is 1.04 bits per heavy atom. The summed E-state index contributed by atoms with van der Waals surface area (Å²) in [5.74, 6) is -0.260. The van der Waals surface area contributed by atoms with E-state index in [4.69, 9.17) is 0 Å². The highest BCUT2D eigenvalue weighted by atomic mass is 19.1. The van der Waals surface area contributed by atoms with Crippen LogP contribution in [0, 0.1) is 12.7 Å². The van der Waals surface area contributed by atoms with Crippen molar-refractivity contribution in [2.75, 3.05) is 0 Å².